The van der Waals surface area contributed by atoms with E-state index < -0.39 is 27.8 Å². The number of sulfone groups is 1. The molecule has 144 valence electrons. The first-order chi connectivity index (χ1) is 13.4. The van der Waals surface area contributed by atoms with E-state index >= 15 is 0 Å². The van der Waals surface area contributed by atoms with Gasteiger partial charge in [0.2, 0.25) is 0 Å². The first-order valence-electron chi connectivity index (χ1n) is 8.45. The van der Waals surface area contributed by atoms with Crippen molar-refractivity contribution >= 4 is 16.0 Å². The molecule has 0 saturated carbocycles. The Kier molecular flexibility index (Phi) is 4.35. The molecule has 0 fully saturated rings. The third-order valence-electron chi connectivity index (χ3n) is 4.48. The van der Waals surface area contributed by atoms with Gasteiger partial charge < -0.3 is 19.0 Å². The first-order valence-corrected chi connectivity index (χ1v) is 10.1. The van der Waals surface area contributed by atoms with Gasteiger partial charge in [-0.3, -0.25) is 0 Å². The lowest BCUT2D eigenvalue weighted by molar-refractivity contribution is 0.137. The van der Waals surface area contributed by atoms with Crippen LogP contribution in [-0.4, -0.2) is 19.7 Å². The lowest BCUT2D eigenvalue weighted by Crippen LogP contribution is -2.15. The van der Waals surface area contributed by atoms with E-state index in [1.54, 1.807) is 37.3 Å². The van der Waals surface area contributed by atoms with Crippen LogP contribution >= 0.6 is 0 Å². The number of furan rings is 1. The number of rotatable bonds is 4. The molecule has 1 unspecified atom stereocenters. The summed E-state index contributed by atoms with van der Waals surface area (Å²) in [5.74, 6) is 0.245. The molecule has 2 aromatic carbocycles. The molecule has 8 heteroatoms. The summed E-state index contributed by atoms with van der Waals surface area (Å²) in [7, 11) is -3.71. The smallest absolute Gasteiger partial charge is 0.478 e. The van der Waals surface area contributed by atoms with E-state index in [0.717, 1.165) is 5.56 Å². The summed E-state index contributed by atoms with van der Waals surface area (Å²) in [4.78, 5) is 11.4. The Morgan fingerprint density at radius 3 is 2.57 bits per heavy atom. The van der Waals surface area contributed by atoms with Gasteiger partial charge in [-0.25, -0.2) is 13.2 Å². The summed E-state index contributed by atoms with van der Waals surface area (Å²) in [5.41, 5.74) is 1.53. The molecule has 1 aliphatic rings. The lowest BCUT2D eigenvalue weighted by Gasteiger charge is -2.25. The third kappa shape index (κ3) is 3.11. The Bertz CT molecular complexity index is 1150. The summed E-state index contributed by atoms with van der Waals surface area (Å²) in [6.45, 7) is 1.75. The highest BCUT2D eigenvalue weighted by Gasteiger charge is 2.32. The molecular formula is C20H16O7S. The molecule has 4 rings (SSSR count). The van der Waals surface area contributed by atoms with E-state index in [1.165, 1.54) is 24.5 Å². The number of carbonyl (C=O) groups is 1. The predicted octanol–water partition coefficient (Wildman–Crippen LogP) is 4.43. The first kappa shape index (κ1) is 18.1. The summed E-state index contributed by atoms with van der Waals surface area (Å²) < 4.78 is 41.8. The van der Waals surface area contributed by atoms with Crippen LogP contribution in [0.3, 0.4) is 0 Å². The Morgan fingerprint density at radius 2 is 1.86 bits per heavy atom. The van der Waals surface area contributed by atoms with Gasteiger partial charge in [-0.1, -0.05) is 24.3 Å². The molecular weight excluding hydrogens is 384 g/mol. The highest BCUT2D eigenvalue weighted by Crippen LogP contribution is 2.49. The number of hydrogen-bond donors (Lipinski definition) is 1. The predicted molar refractivity (Wildman–Crippen MR) is 99.2 cm³/mol. The number of ether oxygens (including phenoxy) is 2. The normalized spacial score (nSPS) is 15.2. The van der Waals surface area contributed by atoms with E-state index in [-0.39, 0.29) is 22.0 Å². The Hall–Kier alpha value is -3.26. The van der Waals surface area contributed by atoms with Crippen molar-refractivity contribution in [1.29, 1.82) is 0 Å². The minimum absolute atomic E-state index is 0.122. The zero-order valence-electron chi connectivity index (χ0n) is 14.8. The van der Waals surface area contributed by atoms with Crippen molar-refractivity contribution in [2.24, 2.45) is 0 Å². The van der Waals surface area contributed by atoms with Crippen LogP contribution in [0.25, 0.3) is 11.1 Å². The second-order valence-electron chi connectivity index (χ2n) is 6.33. The molecule has 0 amide bonds. The maximum Gasteiger partial charge on any atom is 0.511 e. The van der Waals surface area contributed by atoms with E-state index in [0.29, 0.717) is 11.3 Å². The quantitative estimate of drug-likeness (QED) is 0.510. The Labute approximate surface area is 161 Å². The van der Waals surface area contributed by atoms with E-state index in [9.17, 15) is 18.3 Å². The molecule has 28 heavy (non-hydrogen) atoms. The van der Waals surface area contributed by atoms with E-state index in [4.69, 9.17) is 13.9 Å². The van der Waals surface area contributed by atoms with Gasteiger partial charge in [0.1, 0.15) is 0 Å². The van der Waals surface area contributed by atoms with Crippen LogP contribution in [0.4, 0.5) is 4.79 Å². The van der Waals surface area contributed by atoms with Gasteiger partial charge in [-0.15, -0.1) is 0 Å². The van der Waals surface area contributed by atoms with Crippen molar-refractivity contribution in [2.45, 2.75) is 23.7 Å². The zero-order chi connectivity index (χ0) is 19.9. The fraction of sp³-hybridized carbons (Fsp3) is 0.150. The second kappa shape index (κ2) is 6.72. The fourth-order valence-corrected chi connectivity index (χ4v) is 4.63. The molecule has 0 radical (unpaired) electrons. The van der Waals surface area contributed by atoms with E-state index in [2.05, 4.69) is 0 Å². The largest absolute Gasteiger partial charge is 0.511 e. The minimum atomic E-state index is -3.71. The number of carboxylic acid groups (broad SMARTS) is 1. The summed E-state index contributed by atoms with van der Waals surface area (Å²) in [6, 6.07) is 12.9. The molecule has 0 saturated heterocycles. The van der Waals surface area contributed by atoms with Gasteiger partial charge in [-0.2, -0.15) is 0 Å². The van der Waals surface area contributed by atoms with Crippen LogP contribution < -0.4 is 9.47 Å². The maximum absolute atomic E-state index is 12.8. The van der Waals surface area contributed by atoms with Crippen LogP contribution in [0, 0.1) is 0 Å². The minimum Gasteiger partial charge on any atom is -0.478 e. The monoisotopic (exact) mass is 400 g/mol. The number of fused-ring (bicyclic) bond motifs is 3. The van der Waals surface area contributed by atoms with Gasteiger partial charge in [0.15, 0.2) is 33.2 Å². The molecule has 2 heterocycles. The standard InChI is InChI=1S/C20H16O7S/c1-12-17-16(9-10-25-17)15-8-7-13(18(19(15)26-12)27-20(21)22)11-28(23,24)14-5-3-2-4-6-14/h2-10,12H,11H2,1H3,(H,21,22). The topological polar surface area (TPSA) is 103 Å². The summed E-state index contributed by atoms with van der Waals surface area (Å²) >= 11 is 0. The zero-order valence-corrected chi connectivity index (χ0v) is 15.6. The van der Waals surface area contributed by atoms with Crippen molar-refractivity contribution in [3.63, 3.8) is 0 Å². The number of benzene rings is 2. The summed E-state index contributed by atoms with van der Waals surface area (Å²) in [6.07, 6.45) is -0.513. The van der Waals surface area contributed by atoms with Crippen molar-refractivity contribution < 1.29 is 32.2 Å². The molecule has 0 aliphatic carbocycles. The van der Waals surface area contributed by atoms with Crippen LogP contribution in [0.1, 0.15) is 24.4 Å². The molecule has 0 bridgehead atoms. The van der Waals surface area contributed by atoms with Gasteiger partial charge in [0.25, 0.3) is 0 Å². The van der Waals surface area contributed by atoms with Crippen molar-refractivity contribution in [1.82, 2.24) is 0 Å². The van der Waals surface area contributed by atoms with Crippen molar-refractivity contribution in [3.8, 4) is 22.6 Å². The Balaban J connectivity index is 1.84. The van der Waals surface area contributed by atoms with Crippen LogP contribution in [-0.2, 0) is 15.6 Å². The van der Waals surface area contributed by atoms with Crippen LogP contribution in [0.2, 0.25) is 0 Å². The average Bonchev–Trinajstić information content (AvgIpc) is 3.15. The highest BCUT2D eigenvalue weighted by molar-refractivity contribution is 7.90. The van der Waals surface area contributed by atoms with Crippen LogP contribution in [0.15, 0.2) is 64.1 Å². The summed E-state index contributed by atoms with van der Waals surface area (Å²) in [5, 5.41) is 9.18. The maximum atomic E-state index is 12.8. The van der Waals surface area contributed by atoms with Crippen molar-refractivity contribution in [2.75, 3.05) is 0 Å². The molecule has 1 aliphatic heterocycles. The van der Waals surface area contributed by atoms with Crippen molar-refractivity contribution in [3.05, 3.63) is 66.1 Å². The number of hydrogen-bond acceptors (Lipinski definition) is 6. The van der Waals surface area contributed by atoms with Crippen LogP contribution in [0.5, 0.6) is 11.5 Å². The third-order valence-corrected chi connectivity index (χ3v) is 6.16. The second-order valence-corrected chi connectivity index (χ2v) is 8.32. The lowest BCUT2D eigenvalue weighted by atomic mass is 9.98. The SMILES string of the molecule is CC1Oc2c(ccc(CS(=O)(=O)c3ccccc3)c2OC(=O)O)-c2ccoc21. The van der Waals surface area contributed by atoms with Gasteiger partial charge >= 0.3 is 6.16 Å². The molecule has 1 N–H and O–H groups in total. The molecule has 1 atom stereocenters. The van der Waals surface area contributed by atoms with Gasteiger partial charge in [0.05, 0.1) is 16.9 Å². The fourth-order valence-electron chi connectivity index (χ4n) is 3.25. The van der Waals surface area contributed by atoms with Gasteiger partial charge in [-0.05, 0) is 31.2 Å². The molecule has 3 aromatic rings. The Morgan fingerprint density at radius 1 is 1.11 bits per heavy atom. The van der Waals surface area contributed by atoms with E-state index in [1.807, 2.05) is 0 Å². The van der Waals surface area contributed by atoms with Gasteiger partial charge in [0, 0.05) is 16.7 Å². The molecule has 1 aromatic heterocycles. The average molecular weight is 400 g/mol. The highest BCUT2D eigenvalue weighted by atomic mass is 32.2. The molecule has 7 nitrogen and oxygen atoms in total. The molecule has 0 spiro atoms.